The van der Waals surface area contributed by atoms with Crippen molar-refractivity contribution in [2.45, 2.75) is 84.1 Å². The average Bonchev–Trinajstić information content (AvgIpc) is 3.57. The van der Waals surface area contributed by atoms with Crippen LogP contribution < -0.4 is 10.8 Å². The Balaban J connectivity index is 1.43. The molecule has 1 amide bonds. The van der Waals surface area contributed by atoms with Gasteiger partial charge in [-0.3, -0.25) is 10.1 Å². The highest BCUT2D eigenvalue weighted by Gasteiger charge is 2.51. The van der Waals surface area contributed by atoms with Crippen LogP contribution in [0.2, 0.25) is 0 Å². The monoisotopic (exact) mass is 522 g/mol. The number of aromatic nitrogens is 2. The first-order valence-electron chi connectivity index (χ1n) is 13.5. The molecule has 10 heteroatoms. The molecule has 0 radical (unpaired) electrons. The van der Waals surface area contributed by atoms with E-state index < -0.39 is 30.8 Å². The lowest BCUT2D eigenvalue weighted by molar-refractivity contribution is -0.145. The molecule has 3 atom stereocenters. The largest absolute Gasteiger partial charge is 0.494 e. The summed E-state index contributed by atoms with van der Waals surface area (Å²) in [5.41, 5.74) is 1.99. The summed E-state index contributed by atoms with van der Waals surface area (Å²) in [5.74, 6) is 0.700. The fourth-order valence-corrected chi connectivity index (χ4v) is 5.39. The first-order chi connectivity index (χ1) is 17.9. The maximum atomic E-state index is 13.5. The van der Waals surface area contributed by atoms with Gasteiger partial charge in [-0.2, -0.15) is 0 Å². The molecule has 0 aliphatic carbocycles. The molecule has 2 saturated heterocycles. The minimum Gasteiger partial charge on any atom is -0.399 e. The number of nitrogens with one attached hydrogen (secondary N) is 2. The first-order valence-corrected chi connectivity index (χ1v) is 13.5. The molecule has 2 aliphatic heterocycles. The number of imidazole rings is 1. The van der Waals surface area contributed by atoms with Gasteiger partial charge in [0.05, 0.1) is 34.3 Å². The number of ether oxygens (including phenoxy) is 1. The second kappa shape index (κ2) is 9.91. The third-order valence-electron chi connectivity index (χ3n) is 8.37. The van der Waals surface area contributed by atoms with Crippen molar-refractivity contribution in [1.82, 2.24) is 20.2 Å². The number of aliphatic hydroxyl groups is 1. The summed E-state index contributed by atoms with van der Waals surface area (Å²) in [6.07, 6.45) is 0.517. The predicted octanol–water partition coefficient (Wildman–Crippen LogP) is 3.22. The Bertz CT molecular complexity index is 1320. The van der Waals surface area contributed by atoms with Gasteiger partial charge >= 0.3 is 7.12 Å². The molecule has 1 unspecified atom stereocenters. The number of aromatic amines is 1. The molecular formula is C28H39BN4O5. The van der Waals surface area contributed by atoms with Crippen LogP contribution in [0.3, 0.4) is 0 Å². The van der Waals surface area contributed by atoms with Gasteiger partial charge in [-0.1, -0.05) is 38.1 Å². The van der Waals surface area contributed by atoms with E-state index in [1.54, 1.807) is 0 Å². The minimum atomic E-state index is -1.20. The molecule has 3 heterocycles. The zero-order valence-corrected chi connectivity index (χ0v) is 23.4. The number of carbonyl (C=O) groups excluding carboxylic acids is 1. The number of amides is 1. The van der Waals surface area contributed by atoms with Crippen LogP contribution in [0.15, 0.2) is 30.3 Å². The van der Waals surface area contributed by atoms with Gasteiger partial charge in [0.1, 0.15) is 5.82 Å². The van der Waals surface area contributed by atoms with E-state index in [4.69, 9.17) is 19.0 Å². The van der Waals surface area contributed by atoms with Gasteiger partial charge in [-0.05, 0) is 63.4 Å². The quantitative estimate of drug-likeness (QED) is 0.323. The molecule has 2 aliphatic rings. The van der Waals surface area contributed by atoms with Crippen LogP contribution in [0.5, 0.6) is 0 Å². The van der Waals surface area contributed by atoms with E-state index in [-0.39, 0.29) is 17.9 Å². The lowest BCUT2D eigenvalue weighted by Crippen LogP contribution is -2.52. The average molecular weight is 522 g/mol. The lowest BCUT2D eigenvalue weighted by atomic mass is 9.78. The number of hydrogen-bond donors (Lipinski definition) is 3. The SMILES string of the molecule is COC(O)N[C@H](C(=O)N1CCC[C@H]1c1nc2c(ccc3cc(B4OC(C)(C)C(C)(C)O4)ccc32)[nH]1)C(C)C. The maximum absolute atomic E-state index is 13.5. The molecule has 1 aromatic heterocycles. The third kappa shape index (κ3) is 4.73. The van der Waals surface area contributed by atoms with E-state index in [1.807, 2.05) is 30.9 Å². The summed E-state index contributed by atoms with van der Waals surface area (Å²) < 4.78 is 17.4. The highest BCUT2D eigenvalue weighted by atomic mass is 16.7. The van der Waals surface area contributed by atoms with Crippen molar-refractivity contribution in [2.75, 3.05) is 13.7 Å². The summed E-state index contributed by atoms with van der Waals surface area (Å²) in [6, 6.07) is 9.62. The maximum Gasteiger partial charge on any atom is 0.494 e. The molecule has 2 aromatic carbocycles. The van der Waals surface area contributed by atoms with Gasteiger partial charge in [0.25, 0.3) is 0 Å². The number of hydrogen-bond acceptors (Lipinski definition) is 7. The van der Waals surface area contributed by atoms with Crippen LogP contribution in [-0.2, 0) is 18.8 Å². The topological polar surface area (TPSA) is 109 Å². The number of benzene rings is 2. The Labute approximate surface area is 224 Å². The predicted molar refractivity (Wildman–Crippen MR) is 148 cm³/mol. The standard InChI is InChI=1S/C28H39BN4O5/c1-16(2)22(32-26(35)36-7)25(34)33-14-8-9-21(33)24-30-20-13-10-17-15-18(11-12-19(17)23(20)31-24)29-37-27(3,4)28(5,6)38-29/h10-13,15-16,21-22,26,32,35H,8-9,14H2,1-7H3,(H,30,31)/t21-,22-,26?/m0/s1. The molecule has 0 spiro atoms. The van der Waals surface area contributed by atoms with E-state index in [1.165, 1.54) is 7.11 Å². The number of aliphatic hydroxyl groups excluding tert-OH is 1. The lowest BCUT2D eigenvalue weighted by Gasteiger charge is -2.32. The molecule has 0 bridgehead atoms. The fourth-order valence-electron chi connectivity index (χ4n) is 5.39. The van der Waals surface area contributed by atoms with E-state index in [0.29, 0.717) is 6.54 Å². The number of carbonyl (C=O) groups is 1. The van der Waals surface area contributed by atoms with Crippen LogP contribution >= 0.6 is 0 Å². The van der Waals surface area contributed by atoms with Crippen molar-refractivity contribution >= 4 is 40.3 Å². The van der Waals surface area contributed by atoms with Crippen LogP contribution in [0, 0.1) is 5.92 Å². The van der Waals surface area contributed by atoms with E-state index in [9.17, 15) is 9.90 Å². The number of H-pyrrole nitrogens is 1. The molecule has 0 saturated carbocycles. The van der Waals surface area contributed by atoms with Crippen molar-refractivity contribution in [1.29, 1.82) is 0 Å². The zero-order chi connectivity index (χ0) is 27.4. The van der Waals surface area contributed by atoms with E-state index in [2.05, 4.69) is 56.2 Å². The van der Waals surface area contributed by atoms with Crippen molar-refractivity contribution in [3.63, 3.8) is 0 Å². The van der Waals surface area contributed by atoms with Crippen LogP contribution in [-0.4, -0.2) is 70.3 Å². The van der Waals surface area contributed by atoms with Crippen LogP contribution in [0.1, 0.15) is 66.3 Å². The molecule has 204 valence electrons. The van der Waals surface area contributed by atoms with Crippen molar-refractivity contribution in [3.05, 3.63) is 36.2 Å². The van der Waals surface area contributed by atoms with Gasteiger partial charge in [0.2, 0.25) is 12.3 Å². The van der Waals surface area contributed by atoms with Gasteiger partial charge in [0, 0.05) is 19.0 Å². The molecule has 3 N–H and O–H groups in total. The Morgan fingerprint density at radius 3 is 2.58 bits per heavy atom. The number of fused-ring (bicyclic) bond motifs is 3. The highest BCUT2D eigenvalue weighted by Crippen LogP contribution is 2.37. The summed E-state index contributed by atoms with van der Waals surface area (Å²) >= 11 is 0. The summed E-state index contributed by atoms with van der Waals surface area (Å²) in [5, 5.41) is 14.9. The fraction of sp³-hybridized carbons (Fsp3) is 0.571. The number of likely N-dealkylation sites (tertiary alicyclic amines) is 1. The first kappa shape index (κ1) is 27.1. The van der Waals surface area contributed by atoms with Crippen molar-refractivity contribution < 1.29 is 23.9 Å². The molecule has 9 nitrogen and oxygen atoms in total. The van der Waals surface area contributed by atoms with Gasteiger partial charge in [0.15, 0.2) is 0 Å². The molecular weight excluding hydrogens is 483 g/mol. The molecule has 3 aromatic rings. The molecule has 2 fully saturated rings. The number of methoxy groups -OCH3 is 1. The smallest absolute Gasteiger partial charge is 0.399 e. The number of rotatable bonds is 7. The Morgan fingerprint density at radius 1 is 1.21 bits per heavy atom. The highest BCUT2D eigenvalue weighted by molar-refractivity contribution is 6.62. The number of nitrogens with zero attached hydrogens (tertiary/aromatic N) is 2. The summed E-state index contributed by atoms with van der Waals surface area (Å²) in [7, 11) is 0.974. The molecule has 5 rings (SSSR count). The Morgan fingerprint density at radius 2 is 1.92 bits per heavy atom. The van der Waals surface area contributed by atoms with E-state index in [0.717, 1.165) is 45.9 Å². The summed E-state index contributed by atoms with van der Waals surface area (Å²) in [4.78, 5) is 23.9. The van der Waals surface area contributed by atoms with Crippen LogP contribution in [0.25, 0.3) is 21.8 Å². The Kier molecular flexibility index (Phi) is 7.07. The van der Waals surface area contributed by atoms with Gasteiger partial charge < -0.3 is 29.0 Å². The zero-order valence-electron chi connectivity index (χ0n) is 23.4. The van der Waals surface area contributed by atoms with Crippen molar-refractivity contribution in [2.24, 2.45) is 5.92 Å². The van der Waals surface area contributed by atoms with E-state index >= 15 is 0 Å². The molecule has 38 heavy (non-hydrogen) atoms. The minimum absolute atomic E-state index is 0.0219. The normalized spacial score (nSPS) is 22.6. The second-order valence-electron chi connectivity index (χ2n) is 11.8. The van der Waals surface area contributed by atoms with Crippen LogP contribution in [0.4, 0.5) is 0 Å². The third-order valence-corrected chi connectivity index (χ3v) is 8.37. The second-order valence-corrected chi connectivity index (χ2v) is 11.8. The summed E-state index contributed by atoms with van der Waals surface area (Å²) in [6.45, 7) is 12.8. The van der Waals surface area contributed by atoms with Gasteiger partial charge in [-0.15, -0.1) is 0 Å². The van der Waals surface area contributed by atoms with Crippen molar-refractivity contribution in [3.8, 4) is 0 Å². The Hall–Kier alpha value is -2.50. The van der Waals surface area contributed by atoms with Gasteiger partial charge in [-0.25, -0.2) is 4.98 Å².